The Balaban J connectivity index is -0.000000444. The molecule has 0 atom stereocenters. The minimum absolute atomic E-state index is 0. The van der Waals surface area contributed by atoms with Gasteiger partial charge in [-0.1, -0.05) is 91.1 Å². The molecule has 114 valence electrons. The Kier molecular flexibility index (Phi) is 16.3. The van der Waals surface area contributed by atoms with Crippen LogP contribution in [-0.2, 0) is 0 Å². The molecule has 0 radical (unpaired) electrons. The van der Waals surface area contributed by atoms with Crippen molar-refractivity contribution in [3.8, 4) is 11.1 Å². The standard InChI is InChI=1S/C14H14.2C2H6.2CH4/c1-11-7-3-5-9-13(11)14-10-6-4-8-12(14)2;2*1-2;;/h3-10H,1-2H3;2*1-2H3;2*1H4. The molecule has 0 aliphatic heterocycles. The molecule has 0 aliphatic rings. The van der Waals surface area contributed by atoms with Gasteiger partial charge in [0.15, 0.2) is 0 Å². The first-order valence-corrected chi connectivity index (χ1v) is 6.90. The molecule has 0 unspecified atom stereocenters. The maximum Gasteiger partial charge on any atom is -0.0152 e. The zero-order chi connectivity index (χ0) is 14.0. The fourth-order valence-corrected chi connectivity index (χ4v) is 1.75. The number of hydrogen-bond acceptors (Lipinski definition) is 0. The molecule has 0 saturated carbocycles. The molecule has 0 aliphatic carbocycles. The van der Waals surface area contributed by atoms with Crippen LogP contribution in [0.5, 0.6) is 0 Å². The molecule has 0 fully saturated rings. The summed E-state index contributed by atoms with van der Waals surface area (Å²) in [5, 5.41) is 0. The fraction of sp³-hybridized carbons (Fsp3) is 0.400. The molecule has 0 nitrogen and oxygen atoms in total. The normalized spacial score (nSPS) is 7.70. The van der Waals surface area contributed by atoms with E-state index in [1.807, 2.05) is 27.7 Å². The number of benzene rings is 2. The lowest BCUT2D eigenvalue weighted by molar-refractivity contribution is 1.41. The molecule has 0 heteroatoms. The summed E-state index contributed by atoms with van der Waals surface area (Å²) in [4.78, 5) is 0. The van der Waals surface area contributed by atoms with Gasteiger partial charge in [0.2, 0.25) is 0 Å². The van der Waals surface area contributed by atoms with Crippen LogP contribution in [0.4, 0.5) is 0 Å². The molecule has 0 spiro atoms. The molecule has 0 heterocycles. The van der Waals surface area contributed by atoms with Gasteiger partial charge in [0.1, 0.15) is 0 Å². The quantitative estimate of drug-likeness (QED) is 0.512. The van der Waals surface area contributed by atoms with E-state index in [9.17, 15) is 0 Å². The SMILES string of the molecule is C.C.CC.CC.Cc1ccccc1-c1ccccc1C. The van der Waals surface area contributed by atoms with Crippen molar-refractivity contribution < 1.29 is 0 Å². The third-order valence-corrected chi connectivity index (χ3v) is 2.58. The smallest absolute Gasteiger partial charge is 0.0152 e. The Morgan fingerprint density at radius 3 is 1.00 bits per heavy atom. The van der Waals surface area contributed by atoms with Crippen molar-refractivity contribution in [2.75, 3.05) is 0 Å². The van der Waals surface area contributed by atoms with Crippen molar-refractivity contribution in [1.82, 2.24) is 0 Å². The minimum atomic E-state index is 0. The summed E-state index contributed by atoms with van der Waals surface area (Å²) < 4.78 is 0. The number of aryl methyl sites for hydroxylation is 2. The van der Waals surface area contributed by atoms with Gasteiger partial charge >= 0.3 is 0 Å². The predicted molar refractivity (Wildman–Crippen MR) is 97.5 cm³/mol. The summed E-state index contributed by atoms with van der Waals surface area (Å²) in [5.74, 6) is 0. The summed E-state index contributed by atoms with van der Waals surface area (Å²) in [6, 6.07) is 17.0. The zero-order valence-electron chi connectivity index (χ0n) is 12.6. The Morgan fingerprint density at radius 1 is 0.500 bits per heavy atom. The molecular weight excluding hydrogens is 240 g/mol. The second kappa shape index (κ2) is 13.9. The molecular formula is C20H34. The Labute approximate surface area is 127 Å². The van der Waals surface area contributed by atoms with Gasteiger partial charge in [0.25, 0.3) is 0 Å². The van der Waals surface area contributed by atoms with Crippen LogP contribution >= 0.6 is 0 Å². The molecule has 0 saturated heterocycles. The van der Waals surface area contributed by atoms with E-state index in [1.165, 1.54) is 22.3 Å². The summed E-state index contributed by atoms with van der Waals surface area (Å²) in [7, 11) is 0. The van der Waals surface area contributed by atoms with Gasteiger partial charge in [0.05, 0.1) is 0 Å². The second-order valence-electron chi connectivity index (χ2n) is 3.63. The monoisotopic (exact) mass is 274 g/mol. The van der Waals surface area contributed by atoms with Crippen molar-refractivity contribution >= 4 is 0 Å². The first kappa shape index (κ1) is 23.5. The van der Waals surface area contributed by atoms with E-state index >= 15 is 0 Å². The van der Waals surface area contributed by atoms with Gasteiger partial charge in [-0.2, -0.15) is 0 Å². The Bertz CT molecular complexity index is 398. The van der Waals surface area contributed by atoms with Gasteiger partial charge in [-0.3, -0.25) is 0 Å². The van der Waals surface area contributed by atoms with Gasteiger partial charge in [0, 0.05) is 0 Å². The van der Waals surface area contributed by atoms with Gasteiger partial charge < -0.3 is 0 Å². The molecule has 2 aromatic rings. The van der Waals surface area contributed by atoms with E-state index in [4.69, 9.17) is 0 Å². The van der Waals surface area contributed by atoms with E-state index in [-0.39, 0.29) is 14.9 Å². The van der Waals surface area contributed by atoms with Crippen LogP contribution in [0.1, 0.15) is 53.7 Å². The van der Waals surface area contributed by atoms with Crippen molar-refractivity contribution in [3.05, 3.63) is 59.7 Å². The van der Waals surface area contributed by atoms with Crippen molar-refractivity contribution in [2.45, 2.75) is 56.4 Å². The van der Waals surface area contributed by atoms with E-state index in [1.54, 1.807) is 0 Å². The van der Waals surface area contributed by atoms with Crippen molar-refractivity contribution in [2.24, 2.45) is 0 Å². The van der Waals surface area contributed by atoms with Crippen molar-refractivity contribution in [3.63, 3.8) is 0 Å². The highest BCUT2D eigenvalue weighted by atomic mass is 14.1. The molecule has 2 aromatic carbocycles. The molecule has 2 rings (SSSR count). The van der Waals surface area contributed by atoms with Gasteiger partial charge in [-0.05, 0) is 36.1 Å². The number of hydrogen-bond donors (Lipinski definition) is 0. The maximum atomic E-state index is 2.18. The second-order valence-corrected chi connectivity index (χ2v) is 3.63. The summed E-state index contributed by atoms with van der Waals surface area (Å²) in [5.41, 5.74) is 5.35. The highest BCUT2D eigenvalue weighted by molar-refractivity contribution is 5.70. The average Bonchev–Trinajstić information content (AvgIpc) is 2.45. The van der Waals surface area contributed by atoms with Crippen LogP contribution in [0.15, 0.2) is 48.5 Å². The third kappa shape index (κ3) is 6.56. The van der Waals surface area contributed by atoms with E-state index in [2.05, 4.69) is 62.4 Å². The summed E-state index contributed by atoms with van der Waals surface area (Å²) >= 11 is 0. The fourth-order valence-electron chi connectivity index (χ4n) is 1.75. The van der Waals surface area contributed by atoms with Gasteiger partial charge in [-0.25, -0.2) is 0 Å². The molecule has 20 heavy (non-hydrogen) atoms. The van der Waals surface area contributed by atoms with Crippen LogP contribution in [-0.4, -0.2) is 0 Å². The minimum Gasteiger partial charge on any atom is -0.0776 e. The average molecular weight is 274 g/mol. The number of rotatable bonds is 1. The van der Waals surface area contributed by atoms with Crippen LogP contribution in [0, 0.1) is 13.8 Å². The highest BCUT2D eigenvalue weighted by Crippen LogP contribution is 2.25. The molecule has 0 aromatic heterocycles. The predicted octanol–water partition coefficient (Wildman–Crippen LogP) is 7.30. The lowest BCUT2D eigenvalue weighted by atomic mass is 9.97. The first-order valence-electron chi connectivity index (χ1n) is 6.90. The zero-order valence-corrected chi connectivity index (χ0v) is 12.6. The van der Waals surface area contributed by atoms with Crippen LogP contribution in [0.25, 0.3) is 11.1 Å². The lowest BCUT2D eigenvalue weighted by Crippen LogP contribution is -1.85. The van der Waals surface area contributed by atoms with Crippen LogP contribution in [0.2, 0.25) is 0 Å². The largest absolute Gasteiger partial charge is 0.0776 e. The lowest BCUT2D eigenvalue weighted by Gasteiger charge is -2.08. The van der Waals surface area contributed by atoms with E-state index in [0.717, 1.165) is 0 Å². The van der Waals surface area contributed by atoms with E-state index in [0.29, 0.717) is 0 Å². The van der Waals surface area contributed by atoms with Gasteiger partial charge in [-0.15, -0.1) is 0 Å². The van der Waals surface area contributed by atoms with E-state index < -0.39 is 0 Å². The molecule has 0 amide bonds. The van der Waals surface area contributed by atoms with Crippen molar-refractivity contribution in [1.29, 1.82) is 0 Å². The summed E-state index contributed by atoms with van der Waals surface area (Å²) in [6.07, 6.45) is 0. The Morgan fingerprint density at radius 2 is 0.750 bits per heavy atom. The summed E-state index contributed by atoms with van der Waals surface area (Å²) in [6.45, 7) is 12.3. The first-order chi connectivity index (χ1) is 8.79. The topological polar surface area (TPSA) is 0 Å². The van der Waals surface area contributed by atoms with Crippen LogP contribution in [0.3, 0.4) is 0 Å². The molecule has 0 N–H and O–H groups in total. The maximum absolute atomic E-state index is 2.18. The molecule has 0 bridgehead atoms. The Hall–Kier alpha value is -1.56. The van der Waals surface area contributed by atoms with Crippen LogP contribution < -0.4 is 0 Å². The highest BCUT2D eigenvalue weighted by Gasteiger charge is 2.02. The third-order valence-electron chi connectivity index (χ3n) is 2.58.